The van der Waals surface area contributed by atoms with Gasteiger partial charge >= 0.3 is 0 Å². The predicted octanol–water partition coefficient (Wildman–Crippen LogP) is 3.49. The normalized spacial score (nSPS) is 17.7. The maximum absolute atomic E-state index is 13.8. The number of aliphatic hydroxyl groups is 1. The number of hydrogen-bond acceptors (Lipinski definition) is 6. The van der Waals surface area contributed by atoms with E-state index in [9.17, 15) is 19.5 Å². The van der Waals surface area contributed by atoms with Crippen molar-refractivity contribution >= 4 is 35.6 Å². The molecule has 3 aromatic rings. The fraction of sp³-hybridized carbons (Fsp3) is 0.312. The van der Waals surface area contributed by atoms with E-state index in [1.807, 2.05) is 81.4 Å². The smallest absolute Gasteiger partial charge is 0.254 e. The zero-order valence-corrected chi connectivity index (χ0v) is 24.3. The van der Waals surface area contributed by atoms with Gasteiger partial charge in [-0.3, -0.25) is 19.4 Å². The van der Waals surface area contributed by atoms with Crippen LogP contribution in [-0.4, -0.2) is 61.5 Å². The number of aliphatic hydroxyl groups excluding tert-OH is 1. The average Bonchev–Trinajstić information content (AvgIpc) is 3.30. The Morgan fingerprint density at radius 2 is 1.83 bits per heavy atom. The van der Waals surface area contributed by atoms with Crippen LogP contribution in [0.25, 0.3) is 6.08 Å². The first-order valence-electron chi connectivity index (χ1n) is 13.5. The Morgan fingerprint density at radius 3 is 2.54 bits per heavy atom. The summed E-state index contributed by atoms with van der Waals surface area (Å²) in [4.78, 5) is 45.6. The molecule has 4 rings (SSSR count). The van der Waals surface area contributed by atoms with Crippen molar-refractivity contribution in [2.45, 2.75) is 56.7 Å². The van der Waals surface area contributed by atoms with E-state index in [0.717, 1.165) is 22.3 Å². The van der Waals surface area contributed by atoms with Crippen LogP contribution < -0.4 is 10.6 Å². The molecule has 0 bridgehead atoms. The second kappa shape index (κ2) is 13.6. The minimum absolute atomic E-state index is 0.231. The number of aryl methyl sites for hydroxylation is 1. The fourth-order valence-electron chi connectivity index (χ4n) is 4.83. The van der Waals surface area contributed by atoms with Gasteiger partial charge in [0.05, 0.1) is 11.9 Å². The van der Waals surface area contributed by atoms with Gasteiger partial charge in [-0.05, 0) is 61.6 Å². The molecule has 1 aliphatic heterocycles. The van der Waals surface area contributed by atoms with Crippen LogP contribution in [0.1, 0.15) is 36.1 Å². The summed E-state index contributed by atoms with van der Waals surface area (Å²) in [6.45, 7) is 6.16. The van der Waals surface area contributed by atoms with Gasteiger partial charge in [-0.15, -0.1) is 11.8 Å². The van der Waals surface area contributed by atoms with Crippen molar-refractivity contribution in [2.24, 2.45) is 0 Å². The quantitative estimate of drug-likeness (QED) is 0.321. The number of aromatic nitrogens is 1. The summed E-state index contributed by atoms with van der Waals surface area (Å²) in [7, 11) is 0. The van der Waals surface area contributed by atoms with Crippen LogP contribution in [0.2, 0.25) is 0 Å². The number of pyridine rings is 1. The van der Waals surface area contributed by atoms with Crippen molar-refractivity contribution in [3.63, 3.8) is 0 Å². The molecule has 0 unspecified atom stereocenters. The zero-order chi connectivity index (χ0) is 29.4. The lowest BCUT2D eigenvalue weighted by molar-refractivity contribution is -0.147. The number of carbonyl (C=O) groups is 3. The second-order valence-electron chi connectivity index (χ2n) is 10.6. The minimum atomic E-state index is -1.56. The number of rotatable bonds is 10. The summed E-state index contributed by atoms with van der Waals surface area (Å²) in [5.74, 6) is -1.09. The van der Waals surface area contributed by atoms with Gasteiger partial charge in [-0.25, -0.2) is 0 Å². The number of hydrogen-bond donors (Lipinski definition) is 3. The van der Waals surface area contributed by atoms with Gasteiger partial charge in [0.1, 0.15) is 6.04 Å². The van der Waals surface area contributed by atoms with E-state index in [0.29, 0.717) is 6.54 Å². The lowest BCUT2D eigenvalue weighted by Crippen LogP contribution is -2.58. The maximum atomic E-state index is 13.8. The van der Waals surface area contributed by atoms with E-state index in [1.54, 1.807) is 24.5 Å². The molecule has 0 radical (unpaired) electrons. The van der Waals surface area contributed by atoms with Gasteiger partial charge in [-0.2, -0.15) is 0 Å². The monoisotopic (exact) mass is 572 g/mol. The molecule has 1 saturated heterocycles. The van der Waals surface area contributed by atoms with Gasteiger partial charge < -0.3 is 20.6 Å². The first-order valence-corrected chi connectivity index (χ1v) is 14.5. The first kappa shape index (κ1) is 30.0. The molecule has 1 fully saturated rings. The van der Waals surface area contributed by atoms with Crippen molar-refractivity contribution in [3.8, 4) is 0 Å². The minimum Gasteiger partial charge on any atom is -0.381 e. The molecule has 2 aromatic carbocycles. The predicted molar refractivity (Wildman–Crippen MR) is 162 cm³/mol. The van der Waals surface area contributed by atoms with Crippen LogP contribution in [0.4, 0.5) is 0 Å². The van der Waals surface area contributed by atoms with E-state index < -0.39 is 34.7 Å². The third kappa shape index (κ3) is 7.83. The summed E-state index contributed by atoms with van der Waals surface area (Å²) in [5.41, 5.74) is 3.65. The molecule has 1 aromatic heterocycles. The summed E-state index contributed by atoms with van der Waals surface area (Å²) < 4.78 is -0.574. The second-order valence-corrected chi connectivity index (χ2v) is 12.2. The van der Waals surface area contributed by atoms with E-state index in [-0.39, 0.29) is 18.2 Å². The number of nitrogens with zero attached hydrogens (tertiary/aromatic N) is 2. The SMILES string of the molecule is Cc1ccccc1CNC(=O)[C@H]1N(C(=O)[C@@H](O)[C@H](Cc2ccccc2)NC(=O)C=Cc2cccnc2)CSC1(C)C. The van der Waals surface area contributed by atoms with Crippen LogP contribution >= 0.6 is 11.8 Å². The van der Waals surface area contributed by atoms with Gasteiger partial charge in [0.25, 0.3) is 5.91 Å². The number of benzene rings is 2. The Morgan fingerprint density at radius 1 is 1.10 bits per heavy atom. The third-order valence-electron chi connectivity index (χ3n) is 7.16. The zero-order valence-electron chi connectivity index (χ0n) is 23.5. The summed E-state index contributed by atoms with van der Waals surface area (Å²) in [6, 6.07) is 19.0. The van der Waals surface area contributed by atoms with Crippen molar-refractivity contribution in [1.82, 2.24) is 20.5 Å². The lowest BCUT2D eigenvalue weighted by Gasteiger charge is -2.33. The van der Waals surface area contributed by atoms with Crippen molar-refractivity contribution in [3.05, 3.63) is 107 Å². The molecular formula is C32H36N4O4S. The van der Waals surface area contributed by atoms with Gasteiger partial charge in [-0.1, -0.05) is 60.7 Å². The van der Waals surface area contributed by atoms with Gasteiger partial charge in [0.15, 0.2) is 6.10 Å². The highest BCUT2D eigenvalue weighted by atomic mass is 32.2. The first-order chi connectivity index (χ1) is 19.7. The summed E-state index contributed by atoms with van der Waals surface area (Å²) in [6.07, 6.45) is 4.90. The van der Waals surface area contributed by atoms with Crippen molar-refractivity contribution in [2.75, 3.05) is 5.88 Å². The van der Waals surface area contributed by atoms with Crippen LogP contribution in [-0.2, 0) is 27.3 Å². The standard InChI is InChI=1S/C32H36N4O4S/c1-22-10-7-8-14-25(22)20-34-30(39)29-32(2,3)41-21-36(29)31(40)28(38)26(18-23-11-5-4-6-12-23)35-27(37)16-15-24-13-9-17-33-19-24/h4-17,19,26,28-29,38H,18,20-21H2,1-3H3,(H,34,39)(H,35,37)/t26-,28-,29+/m0/s1. The summed E-state index contributed by atoms with van der Waals surface area (Å²) >= 11 is 1.48. The molecule has 3 N–H and O–H groups in total. The molecule has 0 spiro atoms. The number of nitrogens with one attached hydrogen (secondary N) is 2. The number of carbonyl (C=O) groups excluding carboxylic acids is 3. The van der Waals surface area contributed by atoms with E-state index in [2.05, 4.69) is 15.6 Å². The highest BCUT2D eigenvalue weighted by molar-refractivity contribution is 8.00. The number of thioether (sulfide) groups is 1. The van der Waals surface area contributed by atoms with E-state index in [4.69, 9.17) is 0 Å². The molecule has 9 heteroatoms. The molecule has 8 nitrogen and oxygen atoms in total. The van der Waals surface area contributed by atoms with Crippen molar-refractivity contribution in [1.29, 1.82) is 0 Å². The molecule has 0 aliphatic carbocycles. The van der Waals surface area contributed by atoms with Gasteiger partial charge in [0, 0.05) is 29.8 Å². The van der Waals surface area contributed by atoms with Crippen LogP contribution in [0.3, 0.4) is 0 Å². The van der Waals surface area contributed by atoms with Crippen LogP contribution in [0.5, 0.6) is 0 Å². The molecule has 3 atom stereocenters. The number of amides is 3. The summed E-state index contributed by atoms with van der Waals surface area (Å²) in [5, 5.41) is 17.2. The molecule has 1 aliphatic rings. The molecule has 214 valence electrons. The third-order valence-corrected chi connectivity index (χ3v) is 8.54. The van der Waals surface area contributed by atoms with Crippen LogP contribution in [0, 0.1) is 6.92 Å². The Balaban J connectivity index is 1.51. The molecular weight excluding hydrogens is 536 g/mol. The highest BCUT2D eigenvalue weighted by Gasteiger charge is 2.49. The van der Waals surface area contributed by atoms with Crippen molar-refractivity contribution < 1.29 is 19.5 Å². The lowest BCUT2D eigenvalue weighted by atomic mass is 9.97. The Kier molecular flexibility index (Phi) is 9.96. The maximum Gasteiger partial charge on any atom is 0.254 e. The molecule has 3 amide bonds. The van der Waals surface area contributed by atoms with E-state index in [1.165, 1.54) is 22.7 Å². The largest absolute Gasteiger partial charge is 0.381 e. The molecule has 0 saturated carbocycles. The highest BCUT2D eigenvalue weighted by Crippen LogP contribution is 2.40. The topological polar surface area (TPSA) is 112 Å². The van der Waals surface area contributed by atoms with Gasteiger partial charge in [0.2, 0.25) is 11.8 Å². The fourth-order valence-corrected chi connectivity index (χ4v) is 5.97. The Labute approximate surface area is 245 Å². The average molecular weight is 573 g/mol. The van der Waals surface area contributed by atoms with E-state index >= 15 is 0 Å². The van der Waals surface area contributed by atoms with Crippen LogP contribution in [0.15, 0.2) is 85.2 Å². The molecule has 2 heterocycles. The molecule has 41 heavy (non-hydrogen) atoms. The Bertz CT molecular complexity index is 1380. The Hall–Kier alpha value is -3.95.